The predicted octanol–water partition coefficient (Wildman–Crippen LogP) is 1.30. The molecule has 2 heterocycles. The number of aliphatic hydroxyl groups is 1. The zero-order valence-corrected chi connectivity index (χ0v) is 13.1. The van der Waals surface area contributed by atoms with Gasteiger partial charge in [0.2, 0.25) is 0 Å². The summed E-state index contributed by atoms with van der Waals surface area (Å²) in [7, 11) is -3.58. The highest BCUT2D eigenvalue weighted by Gasteiger charge is 2.31. The molecular formula is C14H23N3O3S. The van der Waals surface area contributed by atoms with E-state index >= 15 is 0 Å². The number of aromatic nitrogens is 1. The molecule has 0 atom stereocenters. The first-order valence-corrected chi connectivity index (χ1v) is 8.83. The van der Waals surface area contributed by atoms with Gasteiger partial charge in [0.1, 0.15) is 0 Å². The molecule has 2 rings (SSSR count). The van der Waals surface area contributed by atoms with Crippen molar-refractivity contribution < 1.29 is 13.5 Å². The van der Waals surface area contributed by atoms with E-state index in [0.29, 0.717) is 38.2 Å². The monoisotopic (exact) mass is 313 g/mol. The Kier molecular flexibility index (Phi) is 5.55. The minimum absolute atomic E-state index is 0.0981. The number of piperidine rings is 1. The lowest BCUT2D eigenvalue weighted by molar-refractivity contribution is 0.170. The van der Waals surface area contributed by atoms with E-state index in [1.165, 1.54) is 10.5 Å². The summed E-state index contributed by atoms with van der Waals surface area (Å²) >= 11 is 0. The molecule has 0 bridgehead atoms. The van der Waals surface area contributed by atoms with E-state index in [1.807, 2.05) is 6.92 Å². The molecule has 0 aromatic carbocycles. The summed E-state index contributed by atoms with van der Waals surface area (Å²) < 4.78 is 26.9. The number of aliphatic hydroxyl groups excluding tert-OH is 1. The highest BCUT2D eigenvalue weighted by Crippen LogP contribution is 2.26. The van der Waals surface area contributed by atoms with E-state index in [4.69, 9.17) is 5.11 Å². The number of pyridine rings is 1. The summed E-state index contributed by atoms with van der Waals surface area (Å²) in [5.74, 6) is 0.206. The SMILES string of the molecule is CCCNc1cccnc1S(=O)(=O)N1CCC(CO)CC1. The Morgan fingerprint density at radius 2 is 2.14 bits per heavy atom. The maximum Gasteiger partial charge on any atom is 0.262 e. The van der Waals surface area contributed by atoms with Crippen LogP contribution in [-0.2, 0) is 10.0 Å². The van der Waals surface area contributed by atoms with Crippen molar-refractivity contribution in [1.82, 2.24) is 9.29 Å². The van der Waals surface area contributed by atoms with Crippen LogP contribution in [0.2, 0.25) is 0 Å². The normalized spacial score (nSPS) is 17.8. The van der Waals surface area contributed by atoms with Gasteiger partial charge < -0.3 is 10.4 Å². The van der Waals surface area contributed by atoms with Crippen molar-refractivity contribution in [3.05, 3.63) is 18.3 Å². The summed E-state index contributed by atoms with van der Waals surface area (Å²) in [5.41, 5.74) is 0.559. The maximum atomic E-state index is 12.7. The Morgan fingerprint density at radius 3 is 2.76 bits per heavy atom. The van der Waals surface area contributed by atoms with E-state index in [1.54, 1.807) is 12.1 Å². The molecule has 1 saturated heterocycles. The van der Waals surface area contributed by atoms with Crippen LogP contribution in [0.25, 0.3) is 0 Å². The summed E-state index contributed by atoms with van der Waals surface area (Å²) in [6.07, 6.45) is 3.81. The van der Waals surface area contributed by atoms with Crippen LogP contribution in [0.15, 0.2) is 23.4 Å². The first kappa shape index (κ1) is 16.2. The first-order chi connectivity index (χ1) is 10.1. The quantitative estimate of drug-likeness (QED) is 0.827. The largest absolute Gasteiger partial charge is 0.396 e. The minimum Gasteiger partial charge on any atom is -0.396 e. The van der Waals surface area contributed by atoms with E-state index in [-0.39, 0.29) is 17.6 Å². The van der Waals surface area contributed by atoms with Gasteiger partial charge in [-0.3, -0.25) is 0 Å². The molecule has 21 heavy (non-hydrogen) atoms. The van der Waals surface area contributed by atoms with Crippen molar-refractivity contribution in [3.8, 4) is 0 Å². The van der Waals surface area contributed by atoms with E-state index in [9.17, 15) is 8.42 Å². The molecule has 0 aliphatic carbocycles. The lowest BCUT2D eigenvalue weighted by atomic mass is 10.00. The second-order valence-electron chi connectivity index (χ2n) is 5.31. The van der Waals surface area contributed by atoms with Gasteiger partial charge in [0, 0.05) is 32.4 Å². The molecule has 1 aromatic heterocycles. The number of hydrogen-bond donors (Lipinski definition) is 2. The molecule has 7 heteroatoms. The molecule has 0 unspecified atom stereocenters. The van der Waals surface area contributed by atoms with Crippen LogP contribution in [0.3, 0.4) is 0 Å². The highest BCUT2D eigenvalue weighted by molar-refractivity contribution is 7.89. The molecule has 1 aliphatic rings. The fourth-order valence-corrected chi connectivity index (χ4v) is 3.99. The molecule has 1 fully saturated rings. The predicted molar refractivity (Wildman–Crippen MR) is 81.6 cm³/mol. The van der Waals surface area contributed by atoms with Crippen LogP contribution in [0.4, 0.5) is 5.69 Å². The Morgan fingerprint density at radius 1 is 1.43 bits per heavy atom. The van der Waals surface area contributed by atoms with Gasteiger partial charge in [0.05, 0.1) is 5.69 Å². The first-order valence-electron chi connectivity index (χ1n) is 7.39. The average molecular weight is 313 g/mol. The number of nitrogens with zero attached hydrogens (tertiary/aromatic N) is 2. The van der Waals surface area contributed by atoms with Gasteiger partial charge in [0.25, 0.3) is 10.0 Å². The van der Waals surface area contributed by atoms with Crippen LogP contribution >= 0.6 is 0 Å². The molecule has 0 spiro atoms. The van der Waals surface area contributed by atoms with Gasteiger partial charge in [-0.15, -0.1) is 0 Å². The van der Waals surface area contributed by atoms with Crippen molar-refractivity contribution in [3.63, 3.8) is 0 Å². The third-order valence-electron chi connectivity index (χ3n) is 3.75. The zero-order chi connectivity index (χ0) is 15.3. The summed E-state index contributed by atoms with van der Waals surface area (Å²) in [5, 5.41) is 12.4. The van der Waals surface area contributed by atoms with Gasteiger partial charge in [-0.25, -0.2) is 13.4 Å². The average Bonchev–Trinajstić information content (AvgIpc) is 2.53. The highest BCUT2D eigenvalue weighted by atomic mass is 32.2. The van der Waals surface area contributed by atoms with Crippen molar-refractivity contribution in [2.24, 2.45) is 5.92 Å². The second-order valence-corrected chi connectivity index (χ2v) is 7.17. The number of anilines is 1. The van der Waals surface area contributed by atoms with Crippen molar-refractivity contribution in [2.45, 2.75) is 31.2 Å². The Labute approximate surface area is 126 Å². The van der Waals surface area contributed by atoms with Crippen molar-refractivity contribution >= 4 is 15.7 Å². The number of nitrogens with one attached hydrogen (secondary N) is 1. The fourth-order valence-electron chi connectivity index (χ4n) is 2.45. The van der Waals surface area contributed by atoms with Gasteiger partial charge in [0.15, 0.2) is 5.03 Å². The summed E-state index contributed by atoms with van der Waals surface area (Å²) in [6, 6.07) is 3.48. The van der Waals surface area contributed by atoms with Crippen LogP contribution in [0.1, 0.15) is 26.2 Å². The van der Waals surface area contributed by atoms with E-state index in [2.05, 4.69) is 10.3 Å². The van der Waals surface area contributed by atoms with Crippen LogP contribution in [0, 0.1) is 5.92 Å². The smallest absolute Gasteiger partial charge is 0.262 e. The molecular weight excluding hydrogens is 290 g/mol. The number of hydrogen-bond acceptors (Lipinski definition) is 5. The molecule has 2 N–H and O–H groups in total. The Bertz CT molecular complexity index is 554. The van der Waals surface area contributed by atoms with Crippen LogP contribution in [-0.4, -0.2) is 49.1 Å². The fraction of sp³-hybridized carbons (Fsp3) is 0.643. The third kappa shape index (κ3) is 3.72. The zero-order valence-electron chi connectivity index (χ0n) is 12.3. The number of rotatable bonds is 6. The summed E-state index contributed by atoms with van der Waals surface area (Å²) in [4.78, 5) is 4.08. The van der Waals surface area contributed by atoms with Crippen molar-refractivity contribution in [2.75, 3.05) is 31.6 Å². The standard InChI is InChI=1S/C14H23N3O3S/c1-2-7-15-13-4-3-8-16-14(13)21(19,20)17-9-5-12(11-18)6-10-17/h3-4,8,12,15,18H,2,5-7,9-11H2,1H3. The Hall–Kier alpha value is -1.18. The minimum atomic E-state index is -3.58. The van der Waals surface area contributed by atoms with E-state index < -0.39 is 10.0 Å². The second kappa shape index (κ2) is 7.20. The molecule has 1 aliphatic heterocycles. The molecule has 0 saturated carbocycles. The lowest BCUT2D eigenvalue weighted by Gasteiger charge is -2.30. The van der Waals surface area contributed by atoms with Gasteiger partial charge in [-0.2, -0.15) is 4.31 Å². The topological polar surface area (TPSA) is 82.5 Å². The maximum absolute atomic E-state index is 12.7. The summed E-state index contributed by atoms with van der Waals surface area (Å²) in [6.45, 7) is 3.74. The van der Waals surface area contributed by atoms with E-state index in [0.717, 1.165) is 6.42 Å². The van der Waals surface area contributed by atoms with Gasteiger partial charge in [-0.05, 0) is 37.3 Å². The van der Waals surface area contributed by atoms with Crippen LogP contribution < -0.4 is 5.32 Å². The molecule has 1 aromatic rings. The van der Waals surface area contributed by atoms with Gasteiger partial charge in [-0.1, -0.05) is 6.92 Å². The van der Waals surface area contributed by atoms with Gasteiger partial charge >= 0.3 is 0 Å². The van der Waals surface area contributed by atoms with Crippen molar-refractivity contribution in [1.29, 1.82) is 0 Å². The molecule has 0 amide bonds. The molecule has 118 valence electrons. The number of sulfonamides is 1. The Balaban J connectivity index is 2.20. The molecule has 6 nitrogen and oxygen atoms in total. The third-order valence-corrected chi connectivity index (χ3v) is 5.61. The molecule has 0 radical (unpaired) electrons. The lowest BCUT2D eigenvalue weighted by Crippen LogP contribution is -2.39. The van der Waals surface area contributed by atoms with Crippen LogP contribution in [0.5, 0.6) is 0 Å².